The number of ether oxygens (including phenoxy) is 1. The molecule has 2 N–H and O–H groups in total. The average molecular weight is 338 g/mol. The molecule has 0 bridgehead atoms. The number of methoxy groups -OCH3 is 1. The van der Waals surface area contributed by atoms with Crippen LogP contribution in [0, 0.1) is 5.92 Å². The quantitative estimate of drug-likeness (QED) is 0.804. The summed E-state index contributed by atoms with van der Waals surface area (Å²) in [4.78, 5) is 12.2. The second kappa shape index (κ2) is 5.89. The number of sulfonamides is 1. The van der Waals surface area contributed by atoms with Crippen molar-refractivity contribution in [1.82, 2.24) is 4.31 Å². The summed E-state index contributed by atoms with van der Waals surface area (Å²) < 4.78 is 31.7. The summed E-state index contributed by atoms with van der Waals surface area (Å²) in [6, 6.07) is 6.63. The summed E-state index contributed by atoms with van der Waals surface area (Å²) >= 11 is 0. The van der Waals surface area contributed by atoms with Crippen molar-refractivity contribution in [3.05, 3.63) is 29.8 Å². The highest BCUT2D eigenvalue weighted by Gasteiger charge is 2.52. The van der Waals surface area contributed by atoms with Gasteiger partial charge in [0.15, 0.2) is 0 Å². The minimum Gasteiger partial charge on any atom is -0.468 e. The van der Waals surface area contributed by atoms with Gasteiger partial charge in [-0.1, -0.05) is 12.1 Å². The summed E-state index contributed by atoms with van der Waals surface area (Å²) in [5, 5.41) is 0. The molecule has 1 atom stereocenters. The third-order valence-corrected chi connectivity index (χ3v) is 6.83. The highest BCUT2D eigenvalue weighted by atomic mass is 32.2. The molecular weight excluding hydrogens is 316 g/mol. The van der Waals surface area contributed by atoms with Gasteiger partial charge in [0.25, 0.3) is 0 Å². The molecule has 3 rings (SSSR count). The fourth-order valence-electron chi connectivity index (χ4n) is 3.23. The third-order valence-electron chi connectivity index (χ3n) is 4.95. The highest BCUT2D eigenvalue weighted by molar-refractivity contribution is 7.89. The Hall–Kier alpha value is -1.44. The maximum absolute atomic E-state index is 12.7. The molecule has 1 aliphatic carbocycles. The van der Waals surface area contributed by atoms with Gasteiger partial charge in [-0.25, -0.2) is 8.42 Å². The first kappa shape index (κ1) is 16.4. The molecule has 1 heterocycles. The molecule has 1 aromatic rings. The standard InChI is InChI=1S/C16H22N2O4S/c1-22-15(19)16(7-8-16)13-2-4-14(5-3-13)23(20,21)18-9-6-12(10-17)11-18/h2-5,12H,6-11,17H2,1H3. The molecule has 126 valence electrons. The number of esters is 1. The Kier molecular flexibility index (Phi) is 4.20. The Morgan fingerprint density at radius 2 is 2.00 bits per heavy atom. The number of nitrogens with zero attached hydrogens (tertiary/aromatic N) is 1. The smallest absolute Gasteiger partial charge is 0.316 e. The number of benzene rings is 1. The highest BCUT2D eigenvalue weighted by Crippen LogP contribution is 2.49. The minimum atomic E-state index is -3.49. The van der Waals surface area contributed by atoms with Crippen LogP contribution in [0.1, 0.15) is 24.8 Å². The lowest BCUT2D eigenvalue weighted by molar-refractivity contribution is -0.143. The first-order valence-electron chi connectivity index (χ1n) is 7.83. The van der Waals surface area contributed by atoms with E-state index < -0.39 is 15.4 Å². The number of hydrogen-bond donors (Lipinski definition) is 1. The van der Waals surface area contributed by atoms with Crippen molar-refractivity contribution in [3.8, 4) is 0 Å². The first-order chi connectivity index (χ1) is 10.9. The molecule has 1 unspecified atom stereocenters. The van der Waals surface area contributed by atoms with E-state index in [2.05, 4.69) is 0 Å². The van der Waals surface area contributed by atoms with E-state index in [0.29, 0.717) is 19.6 Å². The molecule has 1 saturated carbocycles. The molecule has 0 amide bonds. The fraction of sp³-hybridized carbons (Fsp3) is 0.562. The molecule has 0 aromatic heterocycles. The molecule has 0 radical (unpaired) electrons. The van der Waals surface area contributed by atoms with E-state index in [-0.39, 0.29) is 16.8 Å². The first-order valence-corrected chi connectivity index (χ1v) is 9.27. The average Bonchev–Trinajstić information content (AvgIpc) is 3.23. The Morgan fingerprint density at radius 3 is 2.48 bits per heavy atom. The summed E-state index contributed by atoms with van der Waals surface area (Å²) in [6.45, 7) is 1.50. The van der Waals surface area contributed by atoms with Crippen LogP contribution in [0.5, 0.6) is 0 Å². The van der Waals surface area contributed by atoms with Gasteiger partial charge in [-0.2, -0.15) is 4.31 Å². The lowest BCUT2D eigenvalue weighted by atomic mass is 9.96. The van der Waals surface area contributed by atoms with Gasteiger partial charge < -0.3 is 10.5 Å². The van der Waals surface area contributed by atoms with E-state index in [1.807, 2.05) is 0 Å². The van der Waals surface area contributed by atoms with Crippen molar-refractivity contribution in [1.29, 1.82) is 0 Å². The molecule has 6 nitrogen and oxygen atoms in total. The number of carbonyl (C=O) groups excluding carboxylic acids is 1. The number of carbonyl (C=O) groups is 1. The van der Waals surface area contributed by atoms with E-state index in [1.54, 1.807) is 24.3 Å². The minimum absolute atomic E-state index is 0.234. The summed E-state index contributed by atoms with van der Waals surface area (Å²) in [6.07, 6.45) is 2.30. The lowest BCUT2D eigenvalue weighted by Crippen LogP contribution is -2.30. The van der Waals surface area contributed by atoms with Crippen LogP contribution in [0.3, 0.4) is 0 Å². The summed E-state index contributed by atoms with van der Waals surface area (Å²) in [7, 11) is -2.11. The van der Waals surface area contributed by atoms with Crippen molar-refractivity contribution in [2.24, 2.45) is 11.7 Å². The zero-order valence-electron chi connectivity index (χ0n) is 13.2. The number of nitrogens with two attached hydrogens (primary N) is 1. The molecular formula is C16H22N2O4S. The predicted molar refractivity (Wildman–Crippen MR) is 85.3 cm³/mol. The van der Waals surface area contributed by atoms with E-state index in [1.165, 1.54) is 11.4 Å². The van der Waals surface area contributed by atoms with Crippen LogP contribution in [0.2, 0.25) is 0 Å². The molecule has 23 heavy (non-hydrogen) atoms. The van der Waals surface area contributed by atoms with Gasteiger partial charge in [-0.15, -0.1) is 0 Å². The van der Waals surface area contributed by atoms with Gasteiger partial charge in [0.05, 0.1) is 17.4 Å². The second-order valence-electron chi connectivity index (χ2n) is 6.35. The van der Waals surface area contributed by atoms with Gasteiger partial charge in [-0.05, 0) is 49.4 Å². The predicted octanol–water partition coefficient (Wildman–Crippen LogP) is 0.861. The topological polar surface area (TPSA) is 89.7 Å². The van der Waals surface area contributed by atoms with Crippen molar-refractivity contribution < 1.29 is 17.9 Å². The Labute approximate surface area is 136 Å². The van der Waals surface area contributed by atoms with Crippen LogP contribution in [-0.2, 0) is 25.0 Å². The van der Waals surface area contributed by atoms with Crippen molar-refractivity contribution in [2.45, 2.75) is 29.6 Å². The van der Waals surface area contributed by atoms with Crippen LogP contribution >= 0.6 is 0 Å². The lowest BCUT2D eigenvalue weighted by Gasteiger charge is -2.18. The van der Waals surface area contributed by atoms with E-state index in [4.69, 9.17) is 10.5 Å². The monoisotopic (exact) mass is 338 g/mol. The van der Waals surface area contributed by atoms with E-state index in [0.717, 1.165) is 24.8 Å². The zero-order valence-corrected chi connectivity index (χ0v) is 14.0. The Balaban J connectivity index is 1.81. The molecule has 2 aliphatic rings. The molecule has 1 aromatic carbocycles. The molecule has 7 heteroatoms. The van der Waals surface area contributed by atoms with E-state index in [9.17, 15) is 13.2 Å². The van der Waals surface area contributed by atoms with E-state index >= 15 is 0 Å². The SMILES string of the molecule is COC(=O)C1(c2ccc(S(=O)(=O)N3CCC(CN)C3)cc2)CC1. The van der Waals surface area contributed by atoms with Crippen LogP contribution < -0.4 is 5.73 Å². The van der Waals surface area contributed by atoms with Crippen molar-refractivity contribution in [3.63, 3.8) is 0 Å². The van der Waals surface area contributed by atoms with Gasteiger partial charge in [0.2, 0.25) is 10.0 Å². The van der Waals surface area contributed by atoms with Crippen LogP contribution in [0.15, 0.2) is 29.2 Å². The third kappa shape index (κ3) is 2.77. The molecule has 0 spiro atoms. The van der Waals surface area contributed by atoms with Gasteiger partial charge >= 0.3 is 5.97 Å². The van der Waals surface area contributed by atoms with Gasteiger partial charge in [0.1, 0.15) is 0 Å². The van der Waals surface area contributed by atoms with Crippen molar-refractivity contribution in [2.75, 3.05) is 26.7 Å². The molecule has 1 saturated heterocycles. The normalized spacial score (nSPS) is 23.7. The van der Waals surface area contributed by atoms with Crippen molar-refractivity contribution >= 4 is 16.0 Å². The van der Waals surface area contributed by atoms with Gasteiger partial charge in [0, 0.05) is 13.1 Å². The largest absolute Gasteiger partial charge is 0.468 e. The Morgan fingerprint density at radius 1 is 1.35 bits per heavy atom. The summed E-state index contributed by atoms with van der Waals surface area (Å²) in [5.41, 5.74) is 5.88. The maximum atomic E-state index is 12.7. The zero-order chi connectivity index (χ0) is 16.7. The molecule has 2 fully saturated rings. The number of hydrogen-bond acceptors (Lipinski definition) is 5. The molecule has 1 aliphatic heterocycles. The maximum Gasteiger partial charge on any atom is 0.316 e. The summed E-state index contributed by atoms with van der Waals surface area (Å²) in [5.74, 6) is -0.0171. The van der Waals surface area contributed by atoms with Gasteiger partial charge in [-0.3, -0.25) is 4.79 Å². The van der Waals surface area contributed by atoms with Crippen LogP contribution in [-0.4, -0.2) is 45.4 Å². The second-order valence-corrected chi connectivity index (χ2v) is 8.29. The van der Waals surface area contributed by atoms with Crippen LogP contribution in [0.25, 0.3) is 0 Å². The van der Waals surface area contributed by atoms with Crippen LogP contribution in [0.4, 0.5) is 0 Å². The fourth-order valence-corrected chi connectivity index (χ4v) is 4.76. The Bertz CT molecular complexity index is 695. The number of rotatable bonds is 5.